The van der Waals surface area contributed by atoms with Crippen molar-refractivity contribution in [3.63, 3.8) is 0 Å². The first-order chi connectivity index (χ1) is 16.0. The number of ether oxygens (including phenoxy) is 4. The monoisotopic (exact) mass is 546 g/mol. The maximum absolute atomic E-state index is 13.4. The third-order valence-corrected chi connectivity index (χ3v) is 7.09. The molecular formula is C18H17F3O12S2. The second-order valence-electron chi connectivity index (χ2n) is 6.26. The Bertz CT molecular complexity index is 1170. The van der Waals surface area contributed by atoms with Gasteiger partial charge in [-0.3, -0.25) is 0 Å². The lowest BCUT2D eigenvalue weighted by atomic mass is 10.3. The molecule has 0 aromatic heterocycles. The zero-order chi connectivity index (χ0) is 26.5. The maximum atomic E-state index is 13.4. The van der Waals surface area contributed by atoms with E-state index in [-0.39, 0.29) is 11.5 Å². The zero-order valence-corrected chi connectivity index (χ0v) is 19.6. The molecule has 0 spiro atoms. The molecular weight excluding hydrogens is 529 g/mol. The lowest BCUT2D eigenvalue weighted by Gasteiger charge is -2.36. The molecule has 0 aliphatic carbocycles. The molecule has 0 radical (unpaired) electrons. The Morgan fingerprint density at radius 2 is 1.06 bits per heavy atom. The van der Waals surface area contributed by atoms with Crippen LogP contribution in [0.5, 0.6) is 23.0 Å². The minimum absolute atomic E-state index is 0.102. The molecule has 0 bridgehead atoms. The first kappa shape index (κ1) is 27.7. The summed E-state index contributed by atoms with van der Waals surface area (Å²) in [5, 5.41) is 0. The van der Waals surface area contributed by atoms with E-state index in [1.54, 1.807) is 0 Å². The Hall–Kier alpha value is -3.57. The van der Waals surface area contributed by atoms with Crippen molar-refractivity contribution in [1.82, 2.24) is 0 Å². The van der Waals surface area contributed by atoms with Gasteiger partial charge in [-0.1, -0.05) is 0 Å². The highest BCUT2D eigenvalue weighted by Gasteiger charge is 2.55. The van der Waals surface area contributed by atoms with E-state index in [1.807, 2.05) is 0 Å². The number of carbonyl (C=O) groups is 2. The van der Waals surface area contributed by atoms with E-state index < -0.39 is 49.3 Å². The number of methoxy groups -OCH3 is 2. The Kier molecular flexibility index (Phi) is 7.88. The lowest BCUT2D eigenvalue weighted by molar-refractivity contribution is -0.0506. The van der Waals surface area contributed by atoms with E-state index in [4.69, 9.17) is 17.8 Å². The molecule has 0 aliphatic heterocycles. The van der Waals surface area contributed by atoms with Crippen LogP contribution in [0.2, 0.25) is 0 Å². The van der Waals surface area contributed by atoms with Crippen LogP contribution in [0.1, 0.15) is 0 Å². The zero-order valence-electron chi connectivity index (χ0n) is 18.0. The molecule has 0 saturated carbocycles. The van der Waals surface area contributed by atoms with Crippen LogP contribution in [0.3, 0.4) is 0 Å². The summed E-state index contributed by atoms with van der Waals surface area (Å²) in [6, 6.07) is 8.14. The molecule has 2 aromatic carbocycles. The van der Waals surface area contributed by atoms with E-state index in [2.05, 4.69) is 13.1 Å². The minimum Gasteiger partial charge on any atom is -0.437 e. The number of halogens is 3. The number of benzene rings is 2. The molecule has 0 amide bonds. The summed E-state index contributed by atoms with van der Waals surface area (Å²) in [6.07, 6.45) is -1.82. The van der Waals surface area contributed by atoms with E-state index in [9.17, 15) is 35.4 Å². The quantitative estimate of drug-likeness (QED) is 0.271. The highest BCUT2D eigenvalue weighted by molar-refractivity contribution is 8.13. The van der Waals surface area contributed by atoms with Crippen LogP contribution >= 0.6 is 0 Å². The molecule has 0 fully saturated rings. The molecule has 12 nitrogen and oxygen atoms in total. The van der Waals surface area contributed by atoms with Crippen LogP contribution in [-0.4, -0.2) is 50.9 Å². The fraction of sp³-hybridized carbons (Fsp3) is 0.222. The van der Waals surface area contributed by atoms with Gasteiger partial charge >= 0.3 is 27.9 Å². The van der Waals surface area contributed by atoms with Gasteiger partial charge in [0.15, 0.2) is 0 Å². The summed E-state index contributed by atoms with van der Waals surface area (Å²) in [7, 11) is -10.5. The predicted octanol–water partition coefficient (Wildman–Crippen LogP) is 3.50. The van der Waals surface area contributed by atoms with Crippen molar-refractivity contribution in [2.75, 3.05) is 20.5 Å². The van der Waals surface area contributed by atoms with Gasteiger partial charge in [-0.05, 0) is 48.5 Å². The van der Waals surface area contributed by atoms with Gasteiger partial charge in [0.2, 0.25) is 0 Å². The average molecular weight is 546 g/mol. The normalized spacial score (nSPS) is 13.0. The third-order valence-electron chi connectivity index (χ3n) is 3.47. The second-order valence-corrected chi connectivity index (χ2v) is 10.7. The fourth-order valence-corrected chi connectivity index (χ4v) is 5.35. The van der Waals surface area contributed by atoms with Gasteiger partial charge < -0.3 is 27.3 Å². The smallest absolute Gasteiger partial charge is 0.437 e. The molecule has 0 aliphatic rings. The molecule has 2 rings (SSSR count). The van der Waals surface area contributed by atoms with E-state index >= 15 is 0 Å². The Morgan fingerprint density at radius 1 is 0.743 bits per heavy atom. The predicted molar refractivity (Wildman–Crippen MR) is 110 cm³/mol. The van der Waals surface area contributed by atoms with Gasteiger partial charge in [-0.15, -0.1) is 3.63 Å². The first-order valence-electron chi connectivity index (χ1n) is 8.85. The van der Waals surface area contributed by atoms with Crippen molar-refractivity contribution in [3.8, 4) is 23.0 Å². The number of rotatable bonds is 8. The summed E-state index contributed by atoms with van der Waals surface area (Å²) in [5.74, 6) is -1.20. The minimum atomic E-state index is -6.50. The van der Waals surface area contributed by atoms with Crippen molar-refractivity contribution in [1.29, 1.82) is 0 Å². The van der Waals surface area contributed by atoms with Gasteiger partial charge in [0.1, 0.15) is 23.0 Å². The van der Waals surface area contributed by atoms with E-state index in [1.165, 1.54) is 0 Å². The molecule has 0 unspecified atom stereocenters. The number of hydrogen-bond acceptors (Lipinski definition) is 12. The van der Waals surface area contributed by atoms with Crippen LogP contribution in [0.25, 0.3) is 0 Å². The summed E-state index contributed by atoms with van der Waals surface area (Å²) in [4.78, 5) is 22.3. The molecule has 17 heteroatoms. The van der Waals surface area contributed by atoms with Crippen LogP contribution < -0.4 is 17.8 Å². The van der Waals surface area contributed by atoms with Gasteiger partial charge in [-0.2, -0.15) is 25.8 Å². The SMILES string of the molecule is COC(=O)Oc1ccc(OS(C)(=O)(Oc2ccc(OC(=O)OC)cc2)OS(=O)(=O)C(F)(F)F)cc1. The Labute approximate surface area is 196 Å². The molecule has 35 heavy (non-hydrogen) atoms. The van der Waals surface area contributed by atoms with Crippen LogP contribution in [0.15, 0.2) is 48.5 Å². The van der Waals surface area contributed by atoms with E-state index in [0.717, 1.165) is 62.8 Å². The van der Waals surface area contributed by atoms with Crippen molar-refractivity contribution in [2.45, 2.75) is 5.51 Å². The highest BCUT2D eigenvalue weighted by Crippen LogP contribution is 2.38. The lowest BCUT2D eigenvalue weighted by Crippen LogP contribution is -2.49. The average Bonchev–Trinajstić information content (AvgIpc) is 2.74. The molecule has 0 N–H and O–H groups in total. The topological polar surface area (TPSA) is 150 Å². The third kappa shape index (κ3) is 7.72. The first-order valence-corrected chi connectivity index (χ1v) is 12.4. The summed E-state index contributed by atoms with van der Waals surface area (Å²) in [5.41, 5.74) is -5.98. The Morgan fingerprint density at radius 3 is 1.34 bits per heavy atom. The van der Waals surface area contributed by atoms with Gasteiger partial charge in [-0.25, -0.2) is 9.59 Å². The number of carbonyl (C=O) groups excluding carboxylic acids is 2. The van der Waals surface area contributed by atoms with E-state index in [0.29, 0.717) is 6.26 Å². The number of hydrogen-bond donors (Lipinski definition) is 0. The van der Waals surface area contributed by atoms with Crippen LogP contribution in [-0.2, 0) is 33.1 Å². The highest BCUT2D eigenvalue weighted by atomic mass is 32.4. The molecule has 0 atom stereocenters. The van der Waals surface area contributed by atoms with Gasteiger partial charge in [0.05, 0.1) is 20.5 Å². The summed E-state index contributed by atoms with van der Waals surface area (Å²) < 4.78 is 108. The van der Waals surface area contributed by atoms with Crippen LogP contribution in [0, 0.1) is 0 Å². The fourth-order valence-electron chi connectivity index (χ4n) is 2.11. The molecule has 0 saturated heterocycles. The summed E-state index contributed by atoms with van der Waals surface area (Å²) >= 11 is 0. The molecule has 2 aromatic rings. The van der Waals surface area contributed by atoms with Gasteiger partial charge in [0, 0.05) is 0 Å². The Balaban J connectivity index is 2.40. The van der Waals surface area contributed by atoms with Crippen molar-refractivity contribution >= 4 is 32.3 Å². The van der Waals surface area contributed by atoms with Crippen LogP contribution in [0.4, 0.5) is 22.8 Å². The van der Waals surface area contributed by atoms with Crippen molar-refractivity contribution in [3.05, 3.63) is 48.5 Å². The van der Waals surface area contributed by atoms with Gasteiger partial charge in [0.25, 0.3) is 9.91 Å². The second kappa shape index (κ2) is 9.96. The molecule has 194 valence electrons. The maximum Gasteiger partial charge on any atom is 0.524 e. The molecule has 0 heterocycles. The largest absolute Gasteiger partial charge is 0.524 e. The van der Waals surface area contributed by atoms with Crippen molar-refractivity contribution in [2.24, 2.45) is 0 Å². The summed E-state index contributed by atoms with van der Waals surface area (Å²) in [6.45, 7) is 0. The number of alkyl halides is 3. The van der Waals surface area contributed by atoms with Crippen molar-refractivity contribution < 1.29 is 66.3 Å². The standard InChI is InChI=1S/C18H17F3O12S2/c1-27-16(22)29-12-4-8-14(9-5-12)31-35(3,26,33-34(24,25)18(19,20)21)32-15-10-6-13(7-11-15)30-17(23)28-2/h4-11H,1-3H3.